The van der Waals surface area contributed by atoms with Crippen molar-refractivity contribution in [3.05, 3.63) is 61.6 Å². The van der Waals surface area contributed by atoms with Crippen LogP contribution < -0.4 is 4.74 Å². The highest BCUT2D eigenvalue weighted by Gasteiger charge is 2.17. The van der Waals surface area contributed by atoms with Gasteiger partial charge in [-0.1, -0.05) is 49.5 Å². The van der Waals surface area contributed by atoms with E-state index < -0.39 is 4.92 Å². The van der Waals surface area contributed by atoms with E-state index in [1.807, 2.05) is 12.1 Å². The van der Waals surface area contributed by atoms with Crippen LogP contribution in [0.15, 0.2) is 40.9 Å². The predicted molar refractivity (Wildman–Crippen MR) is 85.0 cm³/mol. The topological polar surface area (TPSA) is 52.4 Å². The van der Waals surface area contributed by atoms with Gasteiger partial charge in [-0.2, -0.15) is 0 Å². The molecule has 0 amide bonds. The Labute approximate surface area is 137 Å². The molecule has 0 aliphatic rings. The molecule has 0 N–H and O–H groups in total. The van der Waals surface area contributed by atoms with Crippen LogP contribution in [0.25, 0.3) is 0 Å². The number of ether oxygens (including phenoxy) is 1. The van der Waals surface area contributed by atoms with E-state index in [0.29, 0.717) is 16.1 Å². The maximum Gasteiger partial charge on any atom is 0.313 e. The molecule has 0 radical (unpaired) electrons. The van der Waals surface area contributed by atoms with E-state index in [1.165, 1.54) is 12.1 Å². The van der Waals surface area contributed by atoms with E-state index in [4.69, 9.17) is 16.3 Å². The minimum absolute atomic E-state index is 0.153. The maximum absolute atomic E-state index is 11.0. The SMILES string of the molecule is O=[N+]([O-])c1cc(Cl)ccc1Oc1cc(Br)ccc1CBr. The molecule has 0 atom stereocenters. The smallest absolute Gasteiger partial charge is 0.313 e. The van der Waals surface area contributed by atoms with Crippen LogP contribution in [0, 0.1) is 10.1 Å². The van der Waals surface area contributed by atoms with Crippen molar-refractivity contribution in [1.82, 2.24) is 0 Å². The molecule has 0 aliphatic carbocycles. The molecule has 0 heterocycles. The maximum atomic E-state index is 11.0. The van der Waals surface area contributed by atoms with Crippen LogP contribution in [0.1, 0.15) is 5.56 Å². The average Bonchev–Trinajstić information content (AvgIpc) is 2.41. The molecule has 0 saturated heterocycles. The number of nitro groups is 1. The lowest BCUT2D eigenvalue weighted by Gasteiger charge is -2.10. The van der Waals surface area contributed by atoms with E-state index in [2.05, 4.69) is 31.9 Å². The molecule has 104 valence electrons. The summed E-state index contributed by atoms with van der Waals surface area (Å²) < 4.78 is 6.50. The van der Waals surface area contributed by atoms with Crippen LogP contribution in [0.2, 0.25) is 5.02 Å². The first-order chi connectivity index (χ1) is 9.51. The normalized spacial score (nSPS) is 10.3. The van der Waals surface area contributed by atoms with Crippen LogP contribution in [-0.2, 0) is 5.33 Å². The molecule has 0 saturated carbocycles. The average molecular weight is 421 g/mol. The van der Waals surface area contributed by atoms with Gasteiger partial charge in [0.25, 0.3) is 0 Å². The first-order valence-electron chi connectivity index (χ1n) is 5.47. The van der Waals surface area contributed by atoms with Crippen molar-refractivity contribution < 1.29 is 9.66 Å². The van der Waals surface area contributed by atoms with E-state index in [1.54, 1.807) is 12.1 Å². The third kappa shape index (κ3) is 3.50. The van der Waals surface area contributed by atoms with Crippen molar-refractivity contribution in [2.75, 3.05) is 0 Å². The van der Waals surface area contributed by atoms with Gasteiger partial charge in [0.15, 0.2) is 0 Å². The molecule has 2 rings (SSSR count). The van der Waals surface area contributed by atoms with Gasteiger partial charge in [0.2, 0.25) is 5.75 Å². The highest BCUT2D eigenvalue weighted by molar-refractivity contribution is 9.10. The van der Waals surface area contributed by atoms with Crippen molar-refractivity contribution in [2.24, 2.45) is 0 Å². The second kappa shape index (κ2) is 6.56. The van der Waals surface area contributed by atoms with E-state index in [-0.39, 0.29) is 11.4 Å². The zero-order valence-electron chi connectivity index (χ0n) is 9.98. The Morgan fingerprint density at radius 1 is 1.20 bits per heavy atom. The van der Waals surface area contributed by atoms with Crippen molar-refractivity contribution in [1.29, 1.82) is 0 Å². The van der Waals surface area contributed by atoms with E-state index in [0.717, 1.165) is 10.0 Å². The van der Waals surface area contributed by atoms with E-state index in [9.17, 15) is 10.1 Å². The van der Waals surface area contributed by atoms with Gasteiger partial charge in [-0.3, -0.25) is 10.1 Å². The first-order valence-corrected chi connectivity index (χ1v) is 7.76. The monoisotopic (exact) mass is 419 g/mol. The summed E-state index contributed by atoms with van der Waals surface area (Å²) in [5.74, 6) is 0.696. The lowest BCUT2D eigenvalue weighted by Crippen LogP contribution is -1.95. The minimum Gasteiger partial charge on any atom is -0.450 e. The Bertz CT molecular complexity index is 664. The molecule has 2 aromatic rings. The number of benzene rings is 2. The second-order valence-corrected chi connectivity index (χ2v) is 5.77. The standard InChI is InChI=1S/C13H8Br2ClNO3/c14-7-8-1-2-9(15)5-13(8)20-12-4-3-10(16)6-11(12)17(18)19/h1-6H,7H2. The lowest BCUT2D eigenvalue weighted by atomic mass is 10.2. The molecule has 20 heavy (non-hydrogen) atoms. The first kappa shape index (κ1) is 15.3. The van der Waals surface area contributed by atoms with Crippen molar-refractivity contribution in [2.45, 2.75) is 5.33 Å². The van der Waals surface area contributed by atoms with E-state index >= 15 is 0 Å². The van der Waals surface area contributed by atoms with Crippen LogP contribution in [0.4, 0.5) is 5.69 Å². The molecule has 0 aromatic heterocycles. The van der Waals surface area contributed by atoms with Gasteiger partial charge >= 0.3 is 5.69 Å². The van der Waals surface area contributed by atoms with Crippen LogP contribution in [-0.4, -0.2) is 4.92 Å². The molecule has 0 aliphatic heterocycles. The van der Waals surface area contributed by atoms with Gasteiger partial charge < -0.3 is 4.74 Å². The molecule has 0 unspecified atom stereocenters. The number of nitrogens with zero attached hydrogens (tertiary/aromatic N) is 1. The molecule has 7 heteroatoms. The van der Waals surface area contributed by atoms with Gasteiger partial charge in [0, 0.05) is 26.5 Å². The largest absolute Gasteiger partial charge is 0.450 e. The number of hydrogen-bond donors (Lipinski definition) is 0. The summed E-state index contributed by atoms with van der Waals surface area (Å²) in [5.41, 5.74) is 0.718. The second-order valence-electron chi connectivity index (χ2n) is 3.86. The fraction of sp³-hybridized carbons (Fsp3) is 0.0769. The van der Waals surface area contributed by atoms with Crippen LogP contribution in [0.5, 0.6) is 11.5 Å². The number of hydrogen-bond acceptors (Lipinski definition) is 3. The zero-order chi connectivity index (χ0) is 14.7. The fourth-order valence-electron chi connectivity index (χ4n) is 1.57. The molecule has 0 spiro atoms. The minimum atomic E-state index is -0.521. The summed E-state index contributed by atoms with van der Waals surface area (Å²) in [4.78, 5) is 10.5. The molecule has 0 bridgehead atoms. The molecule has 4 nitrogen and oxygen atoms in total. The molecule has 2 aromatic carbocycles. The third-order valence-electron chi connectivity index (χ3n) is 2.51. The summed E-state index contributed by atoms with van der Waals surface area (Å²) >= 11 is 12.5. The quantitative estimate of drug-likeness (QED) is 0.362. The number of alkyl halides is 1. The summed E-state index contributed by atoms with van der Waals surface area (Å²) in [7, 11) is 0. The zero-order valence-corrected chi connectivity index (χ0v) is 13.9. The summed E-state index contributed by atoms with van der Waals surface area (Å²) in [5, 5.41) is 11.9. The summed E-state index contributed by atoms with van der Waals surface area (Å²) in [6, 6.07) is 9.81. The van der Waals surface area contributed by atoms with Gasteiger partial charge in [0.05, 0.1) is 4.92 Å². The fourth-order valence-corrected chi connectivity index (χ4v) is 2.54. The summed E-state index contributed by atoms with van der Waals surface area (Å²) in [6.45, 7) is 0. The van der Waals surface area contributed by atoms with Gasteiger partial charge in [-0.25, -0.2) is 0 Å². The van der Waals surface area contributed by atoms with Gasteiger partial charge in [-0.15, -0.1) is 0 Å². The third-order valence-corrected chi connectivity index (χ3v) is 3.84. The van der Waals surface area contributed by atoms with Gasteiger partial charge in [0.1, 0.15) is 5.75 Å². The Balaban J connectivity index is 2.44. The van der Waals surface area contributed by atoms with Crippen molar-refractivity contribution >= 4 is 49.1 Å². The van der Waals surface area contributed by atoms with Crippen LogP contribution in [0.3, 0.4) is 0 Å². The highest BCUT2D eigenvalue weighted by atomic mass is 79.9. The predicted octanol–water partition coefficient (Wildman–Crippen LogP) is 5.70. The summed E-state index contributed by atoms with van der Waals surface area (Å²) in [6.07, 6.45) is 0. The van der Waals surface area contributed by atoms with Crippen molar-refractivity contribution in [3.63, 3.8) is 0 Å². The van der Waals surface area contributed by atoms with Gasteiger partial charge in [-0.05, 0) is 24.3 Å². The Morgan fingerprint density at radius 3 is 2.60 bits per heavy atom. The molecule has 0 fully saturated rings. The molecular formula is C13H8Br2ClNO3. The highest BCUT2D eigenvalue weighted by Crippen LogP contribution is 2.36. The Kier molecular flexibility index (Phi) is 5.01. The number of halogens is 3. The Morgan fingerprint density at radius 2 is 1.95 bits per heavy atom. The van der Waals surface area contributed by atoms with Crippen LogP contribution >= 0.6 is 43.5 Å². The van der Waals surface area contributed by atoms with Crippen molar-refractivity contribution in [3.8, 4) is 11.5 Å². The number of nitro benzene ring substituents is 1. The molecular weight excluding hydrogens is 413 g/mol. The number of rotatable bonds is 4. The lowest BCUT2D eigenvalue weighted by molar-refractivity contribution is -0.385. The Hall–Kier alpha value is -1.11.